The van der Waals surface area contributed by atoms with Crippen LogP contribution in [0.25, 0.3) is 0 Å². The maximum atomic E-state index is 12.7. The third-order valence-electron chi connectivity index (χ3n) is 5.92. The Morgan fingerprint density at radius 1 is 1.06 bits per heavy atom. The number of benzene rings is 2. The standard InChI is InChI=1S/C25H30N4O3S2/c1-28-15-16-29(23(19-28)20-8-3-2-4-9-20)14-7-13-26-25(30)21-10-5-11-22(18-21)27-34(31,32)24-12-6-17-33-24/h2-6,8-12,17-18,23,27H,7,13-16,19H2,1H3,(H,26,30). The molecule has 1 unspecified atom stereocenters. The predicted molar refractivity (Wildman–Crippen MR) is 137 cm³/mol. The number of piperazine rings is 1. The normalized spacial score (nSPS) is 17.4. The minimum Gasteiger partial charge on any atom is -0.352 e. The second-order valence-electron chi connectivity index (χ2n) is 8.45. The second-order valence-corrected chi connectivity index (χ2v) is 11.3. The predicted octanol–water partition coefficient (Wildman–Crippen LogP) is 3.66. The molecule has 1 aliphatic heterocycles. The molecule has 0 spiro atoms. The molecule has 1 atom stereocenters. The first-order chi connectivity index (χ1) is 16.4. The number of sulfonamides is 1. The topological polar surface area (TPSA) is 81.8 Å². The zero-order valence-electron chi connectivity index (χ0n) is 19.2. The summed E-state index contributed by atoms with van der Waals surface area (Å²) in [5.41, 5.74) is 2.11. The molecule has 2 heterocycles. The molecule has 2 aromatic carbocycles. The highest BCUT2D eigenvalue weighted by atomic mass is 32.2. The maximum absolute atomic E-state index is 12.7. The Kier molecular flexibility index (Phi) is 7.99. The number of anilines is 1. The van der Waals surface area contributed by atoms with Gasteiger partial charge in [0.25, 0.3) is 15.9 Å². The Balaban J connectivity index is 1.30. The molecule has 0 aliphatic carbocycles. The molecule has 1 amide bonds. The highest BCUT2D eigenvalue weighted by Crippen LogP contribution is 2.25. The molecule has 1 aromatic heterocycles. The van der Waals surface area contributed by atoms with Gasteiger partial charge in [0.2, 0.25) is 0 Å². The zero-order chi connectivity index (χ0) is 24.0. The highest BCUT2D eigenvalue weighted by Gasteiger charge is 2.26. The quantitative estimate of drug-likeness (QED) is 0.440. The number of amides is 1. The van der Waals surface area contributed by atoms with Crippen molar-refractivity contribution in [2.75, 3.05) is 44.5 Å². The van der Waals surface area contributed by atoms with Crippen LogP contribution in [-0.4, -0.2) is 63.9 Å². The third-order valence-corrected chi connectivity index (χ3v) is 8.70. The smallest absolute Gasteiger partial charge is 0.271 e. The molecule has 4 rings (SSSR count). The summed E-state index contributed by atoms with van der Waals surface area (Å²) in [6, 6.07) is 20.7. The summed E-state index contributed by atoms with van der Waals surface area (Å²) in [5, 5.41) is 4.68. The molecule has 3 aromatic rings. The van der Waals surface area contributed by atoms with Crippen LogP contribution in [0.15, 0.2) is 76.3 Å². The van der Waals surface area contributed by atoms with E-state index in [1.54, 1.807) is 41.8 Å². The van der Waals surface area contributed by atoms with E-state index < -0.39 is 10.0 Å². The van der Waals surface area contributed by atoms with Gasteiger partial charge in [-0.05, 0) is 48.7 Å². The van der Waals surface area contributed by atoms with Crippen LogP contribution in [0.1, 0.15) is 28.4 Å². The summed E-state index contributed by atoms with van der Waals surface area (Å²) in [6.07, 6.45) is 0.837. The van der Waals surface area contributed by atoms with Crippen LogP contribution in [0.3, 0.4) is 0 Å². The first kappa shape index (κ1) is 24.4. The van der Waals surface area contributed by atoms with Crippen LogP contribution >= 0.6 is 11.3 Å². The van der Waals surface area contributed by atoms with E-state index in [0.29, 0.717) is 23.8 Å². The van der Waals surface area contributed by atoms with Crippen molar-refractivity contribution >= 4 is 33.0 Å². The van der Waals surface area contributed by atoms with E-state index in [-0.39, 0.29) is 10.1 Å². The van der Waals surface area contributed by atoms with Gasteiger partial charge < -0.3 is 10.2 Å². The summed E-state index contributed by atoms with van der Waals surface area (Å²) in [5.74, 6) is -0.213. The van der Waals surface area contributed by atoms with Gasteiger partial charge in [-0.25, -0.2) is 8.42 Å². The van der Waals surface area contributed by atoms with Gasteiger partial charge in [-0.1, -0.05) is 42.5 Å². The van der Waals surface area contributed by atoms with Gasteiger partial charge in [0.05, 0.1) is 0 Å². The Morgan fingerprint density at radius 3 is 2.65 bits per heavy atom. The van der Waals surface area contributed by atoms with Crippen LogP contribution in [0.2, 0.25) is 0 Å². The SMILES string of the molecule is CN1CCN(CCCNC(=O)c2cccc(NS(=O)(=O)c3cccs3)c2)C(c2ccccc2)C1. The largest absolute Gasteiger partial charge is 0.352 e. The lowest BCUT2D eigenvalue weighted by Gasteiger charge is -2.40. The molecule has 2 N–H and O–H groups in total. The van der Waals surface area contributed by atoms with Crippen molar-refractivity contribution in [2.45, 2.75) is 16.7 Å². The van der Waals surface area contributed by atoms with E-state index in [2.05, 4.69) is 51.2 Å². The number of nitrogens with zero attached hydrogens (tertiary/aromatic N) is 2. The Labute approximate surface area is 205 Å². The second kappa shape index (κ2) is 11.1. The summed E-state index contributed by atoms with van der Waals surface area (Å²) in [6.45, 7) is 4.47. The fourth-order valence-corrected chi connectivity index (χ4v) is 6.19. The Hall–Kier alpha value is -2.72. The monoisotopic (exact) mass is 498 g/mol. The molecule has 1 fully saturated rings. The van der Waals surface area contributed by atoms with Gasteiger partial charge in [-0.3, -0.25) is 14.4 Å². The first-order valence-corrected chi connectivity index (χ1v) is 13.7. The minimum absolute atomic E-state index is 0.213. The van der Waals surface area contributed by atoms with Crippen molar-refractivity contribution in [3.8, 4) is 0 Å². The fraction of sp³-hybridized carbons (Fsp3) is 0.320. The number of rotatable bonds is 9. The van der Waals surface area contributed by atoms with Gasteiger partial charge in [0, 0.05) is 50.0 Å². The van der Waals surface area contributed by atoms with Crippen molar-refractivity contribution < 1.29 is 13.2 Å². The lowest BCUT2D eigenvalue weighted by Crippen LogP contribution is -2.47. The number of thiophene rings is 1. The van der Waals surface area contributed by atoms with Crippen LogP contribution in [-0.2, 0) is 10.0 Å². The molecule has 0 bridgehead atoms. The van der Waals surface area contributed by atoms with E-state index in [9.17, 15) is 13.2 Å². The van der Waals surface area contributed by atoms with Gasteiger partial charge in [0.15, 0.2) is 0 Å². The fourth-order valence-electron chi connectivity index (χ4n) is 4.15. The molecular formula is C25H30N4O3S2. The van der Waals surface area contributed by atoms with E-state index in [1.165, 1.54) is 5.56 Å². The molecule has 1 saturated heterocycles. The van der Waals surface area contributed by atoms with Crippen molar-refractivity contribution in [1.29, 1.82) is 0 Å². The van der Waals surface area contributed by atoms with Crippen LogP contribution in [0, 0.1) is 0 Å². The van der Waals surface area contributed by atoms with Gasteiger partial charge in [0.1, 0.15) is 4.21 Å². The Morgan fingerprint density at radius 2 is 1.88 bits per heavy atom. The van der Waals surface area contributed by atoms with Crippen LogP contribution < -0.4 is 10.0 Å². The molecule has 34 heavy (non-hydrogen) atoms. The molecule has 0 radical (unpaired) electrons. The molecule has 0 saturated carbocycles. The van der Waals surface area contributed by atoms with Gasteiger partial charge in [-0.15, -0.1) is 11.3 Å². The zero-order valence-corrected chi connectivity index (χ0v) is 20.8. The van der Waals surface area contributed by atoms with Crippen LogP contribution in [0.4, 0.5) is 5.69 Å². The molecule has 7 nitrogen and oxygen atoms in total. The summed E-state index contributed by atoms with van der Waals surface area (Å²) >= 11 is 1.15. The highest BCUT2D eigenvalue weighted by molar-refractivity contribution is 7.94. The number of likely N-dealkylation sites (N-methyl/N-ethyl adjacent to an activating group) is 1. The average molecular weight is 499 g/mol. The lowest BCUT2D eigenvalue weighted by atomic mass is 10.0. The lowest BCUT2D eigenvalue weighted by molar-refractivity contribution is 0.0866. The minimum atomic E-state index is -3.65. The van der Waals surface area contributed by atoms with E-state index in [0.717, 1.165) is 43.9 Å². The summed E-state index contributed by atoms with van der Waals surface area (Å²) in [7, 11) is -1.50. The van der Waals surface area contributed by atoms with Crippen molar-refractivity contribution in [2.24, 2.45) is 0 Å². The van der Waals surface area contributed by atoms with E-state index in [4.69, 9.17) is 0 Å². The number of nitrogens with one attached hydrogen (secondary N) is 2. The summed E-state index contributed by atoms with van der Waals surface area (Å²) in [4.78, 5) is 17.5. The number of carbonyl (C=O) groups is 1. The van der Waals surface area contributed by atoms with Crippen LogP contribution in [0.5, 0.6) is 0 Å². The van der Waals surface area contributed by atoms with Crippen molar-refractivity contribution in [3.05, 3.63) is 83.2 Å². The Bertz CT molecular complexity index is 1180. The van der Waals surface area contributed by atoms with Crippen molar-refractivity contribution in [1.82, 2.24) is 15.1 Å². The number of hydrogen-bond donors (Lipinski definition) is 2. The molecule has 180 valence electrons. The van der Waals surface area contributed by atoms with Gasteiger partial charge in [-0.2, -0.15) is 0 Å². The summed E-state index contributed by atoms with van der Waals surface area (Å²) < 4.78 is 27.7. The van der Waals surface area contributed by atoms with Gasteiger partial charge >= 0.3 is 0 Å². The molecule has 1 aliphatic rings. The van der Waals surface area contributed by atoms with Crippen molar-refractivity contribution in [3.63, 3.8) is 0 Å². The molecule has 9 heteroatoms. The van der Waals surface area contributed by atoms with E-state index >= 15 is 0 Å². The molecular weight excluding hydrogens is 468 g/mol. The first-order valence-electron chi connectivity index (χ1n) is 11.3. The number of carbonyl (C=O) groups excluding carboxylic acids is 1. The van der Waals surface area contributed by atoms with E-state index in [1.807, 2.05) is 6.07 Å². The number of hydrogen-bond acceptors (Lipinski definition) is 6. The average Bonchev–Trinajstić information content (AvgIpc) is 3.39. The maximum Gasteiger partial charge on any atom is 0.271 e. The third kappa shape index (κ3) is 6.24.